The van der Waals surface area contributed by atoms with Gasteiger partial charge in [-0.25, -0.2) is 0 Å². The number of rotatable bonds is 10. The highest BCUT2D eigenvalue weighted by molar-refractivity contribution is 6.10. The molecule has 0 fully saturated rings. The zero-order valence-corrected chi connectivity index (χ0v) is 18.8. The number of benzene rings is 3. The average molecular weight is 427 g/mol. The summed E-state index contributed by atoms with van der Waals surface area (Å²) in [4.78, 5) is 13.8. The molecule has 0 saturated heterocycles. The van der Waals surface area contributed by atoms with Gasteiger partial charge < -0.3 is 14.6 Å². The molecule has 32 heavy (non-hydrogen) atoms. The zero-order valence-electron chi connectivity index (χ0n) is 18.8. The second kappa shape index (κ2) is 10.4. The summed E-state index contributed by atoms with van der Waals surface area (Å²) in [5, 5.41) is 4.51. The van der Waals surface area contributed by atoms with Gasteiger partial charge in [0, 0.05) is 42.9 Å². The van der Waals surface area contributed by atoms with E-state index in [1.165, 1.54) is 11.1 Å². The molecule has 0 saturated carbocycles. The molecular weight excluding hydrogens is 396 g/mol. The summed E-state index contributed by atoms with van der Waals surface area (Å²) in [6.07, 6.45) is 2.84. The molecule has 1 atom stereocenters. The van der Waals surface area contributed by atoms with Gasteiger partial charge in [0.25, 0.3) is 0 Å². The Labute approximate surface area is 189 Å². The molecule has 1 heterocycles. The first-order chi connectivity index (χ1) is 15.7. The van der Waals surface area contributed by atoms with E-state index in [2.05, 4.69) is 47.1 Å². The Hall–Kier alpha value is -3.21. The summed E-state index contributed by atoms with van der Waals surface area (Å²) < 4.78 is 7.38. The maximum absolute atomic E-state index is 13.8. The second-order valence-corrected chi connectivity index (χ2v) is 8.14. The van der Waals surface area contributed by atoms with Gasteiger partial charge in [0.15, 0.2) is 5.78 Å². The molecule has 0 bridgehead atoms. The number of aryl methyl sites for hydroxylation is 1. The van der Waals surface area contributed by atoms with Gasteiger partial charge in [0.2, 0.25) is 0 Å². The number of methoxy groups -OCH3 is 1. The van der Waals surface area contributed by atoms with E-state index >= 15 is 0 Å². The van der Waals surface area contributed by atoms with Gasteiger partial charge in [-0.15, -0.1) is 0 Å². The number of nitrogens with one attached hydrogen (secondary N) is 1. The van der Waals surface area contributed by atoms with Crippen LogP contribution in [0.1, 0.15) is 33.1 Å². The summed E-state index contributed by atoms with van der Waals surface area (Å²) in [7, 11) is 1.70. The minimum absolute atomic E-state index is 0.0903. The van der Waals surface area contributed by atoms with Crippen molar-refractivity contribution in [3.05, 3.63) is 107 Å². The number of nitrogens with zero attached hydrogens (tertiary/aromatic N) is 1. The summed E-state index contributed by atoms with van der Waals surface area (Å²) in [5.41, 5.74) is 5.30. The van der Waals surface area contributed by atoms with Crippen molar-refractivity contribution in [1.29, 1.82) is 0 Å². The maximum atomic E-state index is 13.8. The third kappa shape index (κ3) is 4.98. The SMILES string of the molecule is COCCn1cc(C(=O)[C@@H](NCCc2ccc(C)cc2)c2ccccc2)c2ccccc21. The van der Waals surface area contributed by atoms with Crippen molar-refractivity contribution in [3.8, 4) is 0 Å². The smallest absolute Gasteiger partial charge is 0.186 e. The van der Waals surface area contributed by atoms with Crippen LogP contribution in [0.5, 0.6) is 0 Å². The highest BCUT2D eigenvalue weighted by atomic mass is 16.5. The van der Waals surface area contributed by atoms with Crippen LogP contribution in [0.4, 0.5) is 0 Å². The van der Waals surface area contributed by atoms with E-state index in [4.69, 9.17) is 4.74 Å². The van der Waals surface area contributed by atoms with Crippen LogP contribution in [0.2, 0.25) is 0 Å². The average Bonchev–Trinajstić information content (AvgIpc) is 3.20. The van der Waals surface area contributed by atoms with Gasteiger partial charge >= 0.3 is 0 Å². The summed E-state index contributed by atoms with van der Waals surface area (Å²) in [6, 6.07) is 26.2. The molecule has 0 aliphatic heterocycles. The Balaban J connectivity index is 1.61. The topological polar surface area (TPSA) is 43.3 Å². The molecule has 164 valence electrons. The van der Waals surface area contributed by atoms with E-state index < -0.39 is 6.04 Å². The van der Waals surface area contributed by atoms with Gasteiger partial charge in [-0.3, -0.25) is 4.79 Å². The number of ether oxygens (including phenoxy) is 1. The number of aromatic nitrogens is 1. The van der Waals surface area contributed by atoms with Crippen LogP contribution in [0.15, 0.2) is 85.1 Å². The highest BCUT2D eigenvalue weighted by Crippen LogP contribution is 2.27. The van der Waals surface area contributed by atoms with Crippen LogP contribution in [0.3, 0.4) is 0 Å². The van der Waals surface area contributed by atoms with Crippen molar-refractivity contribution in [2.45, 2.75) is 25.9 Å². The normalized spacial score (nSPS) is 12.2. The van der Waals surface area contributed by atoms with E-state index in [0.717, 1.165) is 35.0 Å². The van der Waals surface area contributed by atoms with E-state index in [1.54, 1.807) is 7.11 Å². The molecule has 4 heteroatoms. The fourth-order valence-electron chi connectivity index (χ4n) is 4.10. The largest absolute Gasteiger partial charge is 0.383 e. The van der Waals surface area contributed by atoms with Crippen molar-refractivity contribution in [2.75, 3.05) is 20.3 Å². The highest BCUT2D eigenvalue weighted by Gasteiger charge is 2.25. The Morgan fingerprint density at radius 1 is 0.969 bits per heavy atom. The fourth-order valence-corrected chi connectivity index (χ4v) is 4.10. The van der Waals surface area contributed by atoms with E-state index in [-0.39, 0.29) is 5.78 Å². The van der Waals surface area contributed by atoms with Crippen molar-refractivity contribution >= 4 is 16.7 Å². The van der Waals surface area contributed by atoms with Crippen LogP contribution >= 0.6 is 0 Å². The lowest BCUT2D eigenvalue weighted by Crippen LogP contribution is -2.30. The summed E-state index contributed by atoms with van der Waals surface area (Å²) >= 11 is 0. The number of hydrogen-bond acceptors (Lipinski definition) is 3. The van der Waals surface area contributed by atoms with E-state index in [9.17, 15) is 4.79 Å². The molecule has 1 aromatic heterocycles. The molecule has 0 aliphatic carbocycles. The summed E-state index contributed by atoms with van der Waals surface area (Å²) in [5.74, 6) is 0.0903. The monoisotopic (exact) mass is 426 g/mol. The second-order valence-electron chi connectivity index (χ2n) is 8.14. The van der Waals surface area contributed by atoms with Crippen molar-refractivity contribution < 1.29 is 9.53 Å². The van der Waals surface area contributed by atoms with Crippen molar-refractivity contribution in [1.82, 2.24) is 9.88 Å². The molecule has 0 spiro atoms. The number of fused-ring (bicyclic) bond motifs is 1. The van der Waals surface area contributed by atoms with E-state index in [0.29, 0.717) is 13.2 Å². The lowest BCUT2D eigenvalue weighted by Gasteiger charge is -2.18. The first-order valence-corrected chi connectivity index (χ1v) is 11.1. The Bertz CT molecular complexity index is 1160. The molecule has 4 aromatic rings. The van der Waals surface area contributed by atoms with Gasteiger partial charge in [0.1, 0.15) is 0 Å². The molecule has 4 rings (SSSR count). The number of Topliss-reactive ketones (excluding diaryl/α,β-unsaturated/α-hetero) is 1. The maximum Gasteiger partial charge on any atom is 0.186 e. The molecule has 4 nitrogen and oxygen atoms in total. The first kappa shape index (κ1) is 22.0. The molecule has 3 aromatic carbocycles. The van der Waals surface area contributed by atoms with Crippen molar-refractivity contribution in [3.63, 3.8) is 0 Å². The summed E-state index contributed by atoms with van der Waals surface area (Å²) in [6.45, 7) is 4.12. The minimum Gasteiger partial charge on any atom is -0.383 e. The van der Waals surface area contributed by atoms with Gasteiger partial charge in [-0.1, -0.05) is 78.4 Å². The Morgan fingerprint density at radius 3 is 2.44 bits per heavy atom. The number of ketones is 1. The quantitative estimate of drug-likeness (QED) is 0.348. The zero-order chi connectivity index (χ0) is 22.3. The lowest BCUT2D eigenvalue weighted by atomic mass is 9.96. The Morgan fingerprint density at radius 2 is 1.69 bits per heavy atom. The van der Waals surface area contributed by atoms with Crippen LogP contribution < -0.4 is 5.32 Å². The molecule has 0 aliphatic rings. The van der Waals surface area contributed by atoms with Crippen LogP contribution in [-0.2, 0) is 17.7 Å². The molecule has 1 N–H and O–H groups in total. The minimum atomic E-state index is -0.400. The standard InChI is InChI=1S/C28H30N2O2/c1-21-12-14-22(15-13-21)16-17-29-27(23-8-4-3-5-9-23)28(31)25-20-30(18-19-32-2)26-11-7-6-10-24(25)26/h3-15,20,27,29H,16-19H2,1-2H3/t27-/m0/s1. The van der Waals surface area contributed by atoms with Gasteiger partial charge in [-0.2, -0.15) is 0 Å². The van der Waals surface area contributed by atoms with Crippen LogP contribution in [-0.4, -0.2) is 30.6 Å². The number of carbonyl (C=O) groups is 1. The lowest BCUT2D eigenvalue weighted by molar-refractivity contribution is 0.0944. The third-order valence-electron chi connectivity index (χ3n) is 5.87. The van der Waals surface area contributed by atoms with Gasteiger partial charge in [-0.05, 0) is 30.5 Å². The number of para-hydroxylation sites is 1. The molecule has 0 radical (unpaired) electrons. The molecule has 0 unspecified atom stereocenters. The predicted molar refractivity (Wildman–Crippen MR) is 130 cm³/mol. The molecule has 0 amide bonds. The fraction of sp³-hybridized carbons (Fsp3) is 0.250. The Kier molecular flexibility index (Phi) is 7.15. The number of carbonyl (C=O) groups excluding carboxylic acids is 1. The van der Waals surface area contributed by atoms with Crippen LogP contribution in [0.25, 0.3) is 10.9 Å². The van der Waals surface area contributed by atoms with E-state index in [1.807, 2.05) is 54.7 Å². The van der Waals surface area contributed by atoms with Crippen molar-refractivity contribution in [2.24, 2.45) is 0 Å². The predicted octanol–water partition coefficient (Wildman–Crippen LogP) is 5.35. The third-order valence-corrected chi connectivity index (χ3v) is 5.87. The molecular formula is C28H30N2O2. The van der Waals surface area contributed by atoms with Gasteiger partial charge in [0.05, 0.1) is 12.6 Å². The van der Waals surface area contributed by atoms with Crippen LogP contribution in [0, 0.1) is 6.92 Å². The first-order valence-electron chi connectivity index (χ1n) is 11.1. The number of hydrogen-bond donors (Lipinski definition) is 1.